The fraction of sp³-hybridized carbons (Fsp3) is 0.0435. The average Bonchev–Trinajstić information content (AvgIpc) is 3.40. The summed E-state index contributed by atoms with van der Waals surface area (Å²) in [6.07, 6.45) is 0. The quantitative estimate of drug-likeness (QED) is 0.297. The van der Waals surface area contributed by atoms with Crippen LogP contribution in [0.1, 0.15) is 5.56 Å². The summed E-state index contributed by atoms with van der Waals surface area (Å²) in [5.74, 6) is 0. The van der Waals surface area contributed by atoms with Gasteiger partial charge in [0.15, 0.2) is 0 Å². The molecule has 0 radical (unpaired) electrons. The van der Waals surface area contributed by atoms with Crippen LogP contribution in [-0.4, -0.2) is 16.8 Å². The van der Waals surface area contributed by atoms with Crippen molar-refractivity contribution in [2.45, 2.75) is 17.1 Å². The predicted octanol–water partition coefficient (Wildman–Crippen LogP) is 5.74. The molecule has 34 heavy (non-hydrogen) atoms. The Morgan fingerprint density at radius 1 is 0.676 bits per heavy atom. The summed E-state index contributed by atoms with van der Waals surface area (Å²) in [6.45, 7) is 1.88. The van der Waals surface area contributed by atoms with Crippen molar-refractivity contribution in [2.75, 3.05) is 9.44 Å². The van der Waals surface area contributed by atoms with E-state index in [2.05, 4.69) is 9.44 Å². The molecule has 8 nitrogen and oxygen atoms in total. The first kappa shape index (κ1) is 22.3. The lowest BCUT2D eigenvalue weighted by atomic mass is 10.2. The molecule has 0 amide bonds. The minimum atomic E-state index is -4.19. The van der Waals surface area contributed by atoms with Crippen molar-refractivity contribution in [1.29, 1.82) is 0 Å². The molecule has 0 spiro atoms. The highest BCUT2D eigenvalue weighted by Gasteiger charge is 2.25. The Bertz CT molecular complexity index is 1740. The Labute approximate surface area is 200 Å². The summed E-state index contributed by atoms with van der Waals surface area (Å²) in [4.78, 5) is 0. The lowest BCUT2D eigenvalue weighted by molar-refractivity contribution is 0.484. The zero-order chi connectivity index (χ0) is 24.1. The summed E-state index contributed by atoms with van der Waals surface area (Å²) >= 11 is 6.06. The molecular formula is C23H17ClN2O6S2. The van der Waals surface area contributed by atoms with Crippen molar-refractivity contribution in [2.24, 2.45) is 0 Å². The normalized spacial score (nSPS) is 12.3. The van der Waals surface area contributed by atoms with Gasteiger partial charge in [-0.25, -0.2) is 0 Å². The zero-order valence-corrected chi connectivity index (χ0v) is 20.0. The van der Waals surface area contributed by atoms with E-state index in [9.17, 15) is 16.8 Å². The molecule has 2 heterocycles. The van der Waals surface area contributed by atoms with E-state index >= 15 is 0 Å². The van der Waals surface area contributed by atoms with Gasteiger partial charge in [-0.2, -0.15) is 16.8 Å². The van der Waals surface area contributed by atoms with Gasteiger partial charge < -0.3 is 8.83 Å². The van der Waals surface area contributed by atoms with Crippen LogP contribution in [0, 0.1) is 6.92 Å². The summed E-state index contributed by atoms with van der Waals surface area (Å²) in [5.41, 5.74) is 1.64. The minimum absolute atomic E-state index is 0.0410. The Balaban J connectivity index is 1.49. The highest BCUT2D eigenvalue weighted by Crippen LogP contribution is 2.32. The maximum atomic E-state index is 13.0. The topological polar surface area (TPSA) is 119 Å². The van der Waals surface area contributed by atoms with E-state index in [1.165, 1.54) is 30.3 Å². The van der Waals surface area contributed by atoms with E-state index in [1.54, 1.807) is 42.5 Å². The molecule has 0 aliphatic heterocycles. The van der Waals surface area contributed by atoms with Crippen LogP contribution in [0.25, 0.3) is 21.9 Å². The van der Waals surface area contributed by atoms with Gasteiger partial charge in [0.05, 0.1) is 11.4 Å². The van der Waals surface area contributed by atoms with Gasteiger partial charge in [-0.05, 0) is 43.3 Å². The largest absolute Gasteiger partial charge is 0.443 e. The third-order valence-electron chi connectivity index (χ3n) is 5.05. The summed E-state index contributed by atoms with van der Waals surface area (Å²) in [6, 6.07) is 19.0. The Morgan fingerprint density at radius 2 is 1.29 bits per heavy atom. The molecule has 5 aromatic rings. The van der Waals surface area contributed by atoms with E-state index < -0.39 is 20.0 Å². The maximum Gasteiger partial charge on any atom is 0.295 e. The van der Waals surface area contributed by atoms with Crippen LogP contribution in [-0.2, 0) is 20.0 Å². The second-order valence-corrected chi connectivity index (χ2v) is 11.3. The van der Waals surface area contributed by atoms with Crippen LogP contribution in [0.5, 0.6) is 0 Å². The molecule has 0 saturated heterocycles. The maximum absolute atomic E-state index is 13.0. The van der Waals surface area contributed by atoms with E-state index in [0.717, 1.165) is 5.56 Å². The molecule has 0 unspecified atom stereocenters. The van der Waals surface area contributed by atoms with Crippen LogP contribution in [0.4, 0.5) is 11.4 Å². The third kappa shape index (κ3) is 4.23. The van der Waals surface area contributed by atoms with Crippen LogP contribution < -0.4 is 9.44 Å². The second kappa shape index (κ2) is 8.08. The first-order chi connectivity index (χ1) is 16.1. The van der Waals surface area contributed by atoms with Crippen molar-refractivity contribution in [3.63, 3.8) is 0 Å². The lowest BCUT2D eigenvalue weighted by Gasteiger charge is -2.13. The first-order valence-corrected chi connectivity index (χ1v) is 13.3. The number of aryl methyl sites for hydroxylation is 1. The highest BCUT2D eigenvalue weighted by molar-refractivity contribution is 7.93. The van der Waals surface area contributed by atoms with Gasteiger partial charge in [-0.15, -0.1) is 0 Å². The SMILES string of the molecule is Cc1ccc2oc(S(=O)(=O)Nc3ccc(Cl)cc3NS(=O)(=O)c3cc4ccccc4o3)cc2c1. The molecule has 2 N–H and O–H groups in total. The standard InChI is InChI=1S/C23H17ClN2O6S2/c1-14-6-9-21-16(10-14)12-23(32-21)33(27,28)25-18-8-7-17(24)13-19(18)26-34(29,30)22-11-15-4-2-3-5-20(15)31-22/h2-13,25-26H,1H3. The third-order valence-corrected chi connectivity index (χ3v) is 7.73. The smallest absolute Gasteiger partial charge is 0.295 e. The van der Waals surface area contributed by atoms with Gasteiger partial charge in [0.25, 0.3) is 20.0 Å². The fourth-order valence-electron chi connectivity index (χ4n) is 3.44. The molecule has 0 saturated carbocycles. The molecule has 174 valence electrons. The fourth-order valence-corrected chi connectivity index (χ4v) is 5.70. The van der Waals surface area contributed by atoms with Crippen LogP contribution in [0.15, 0.2) is 91.8 Å². The number of sulfonamides is 2. The number of nitrogens with one attached hydrogen (secondary N) is 2. The zero-order valence-electron chi connectivity index (χ0n) is 17.6. The van der Waals surface area contributed by atoms with E-state index in [-0.39, 0.29) is 26.6 Å². The van der Waals surface area contributed by atoms with Crippen molar-refractivity contribution < 1.29 is 25.7 Å². The number of rotatable bonds is 6. The molecule has 0 fully saturated rings. The summed E-state index contributed by atoms with van der Waals surface area (Å²) < 4.78 is 67.6. The van der Waals surface area contributed by atoms with Crippen LogP contribution in [0.2, 0.25) is 5.02 Å². The van der Waals surface area contributed by atoms with Gasteiger partial charge in [0.2, 0.25) is 10.2 Å². The molecule has 0 atom stereocenters. The predicted molar refractivity (Wildman–Crippen MR) is 130 cm³/mol. The van der Waals surface area contributed by atoms with Gasteiger partial charge in [-0.1, -0.05) is 41.4 Å². The Morgan fingerprint density at radius 3 is 2.00 bits per heavy atom. The van der Waals surface area contributed by atoms with Crippen molar-refractivity contribution in [3.8, 4) is 0 Å². The number of fused-ring (bicyclic) bond motifs is 2. The van der Waals surface area contributed by atoms with Crippen molar-refractivity contribution >= 4 is 65.0 Å². The number of hydrogen-bond acceptors (Lipinski definition) is 6. The van der Waals surface area contributed by atoms with E-state index in [0.29, 0.717) is 21.9 Å². The van der Waals surface area contributed by atoms with Gasteiger partial charge >= 0.3 is 0 Å². The molecule has 0 aliphatic carbocycles. The first-order valence-electron chi connectivity index (χ1n) is 9.95. The lowest BCUT2D eigenvalue weighted by Crippen LogP contribution is -2.17. The average molecular weight is 517 g/mol. The summed E-state index contributed by atoms with van der Waals surface area (Å²) in [5, 5.41) is 0.797. The monoisotopic (exact) mass is 516 g/mol. The second-order valence-electron chi connectivity index (χ2n) is 7.61. The molecule has 2 aromatic heterocycles. The number of para-hydroxylation sites is 1. The highest BCUT2D eigenvalue weighted by atomic mass is 35.5. The van der Waals surface area contributed by atoms with Crippen molar-refractivity contribution in [3.05, 3.63) is 83.4 Å². The number of hydrogen-bond donors (Lipinski definition) is 2. The molecular weight excluding hydrogens is 500 g/mol. The summed E-state index contributed by atoms with van der Waals surface area (Å²) in [7, 11) is -8.38. The molecule has 0 bridgehead atoms. The number of furan rings is 2. The molecule has 5 rings (SSSR count). The Kier molecular flexibility index (Phi) is 5.31. The molecule has 11 heteroatoms. The van der Waals surface area contributed by atoms with Gasteiger partial charge in [-0.3, -0.25) is 9.44 Å². The van der Waals surface area contributed by atoms with Gasteiger partial charge in [0.1, 0.15) is 11.2 Å². The number of benzene rings is 3. The van der Waals surface area contributed by atoms with E-state index in [1.807, 2.05) is 6.92 Å². The van der Waals surface area contributed by atoms with Crippen molar-refractivity contribution in [1.82, 2.24) is 0 Å². The molecule has 3 aromatic carbocycles. The number of halogens is 1. The van der Waals surface area contributed by atoms with Gasteiger partial charge in [0, 0.05) is 27.9 Å². The molecule has 0 aliphatic rings. The van der Waals surface area contributed by atoms with E-state index in [4.69, 9.17) is 20.4 Å². The minimum Gasteiger partial charge on any atom is -0.443 e. The van der Waals surface area contributed by atoms with Crippen LogP contribution >= 0.6 is 11.6 Å². The number of anilines is 2. The van der Waals surface area contributed by atoms with Crippen LogP contribution in [0.3, 0.4) is 0 Å². The Hall–Kier alpha value is -3.47.